The summed E-state index contributed by atoms with van der Waals surface area (Å²) in [6, 6.07) is 15.4. The molecule has 3 unspecified atom stereocenters. The van der Waals surface area contributed by atoms with Crippen LogP contribution >= 0.6 is 0 Å². The molecule has 5 nitrogen and oxygen atoms in total. The van der Waals surface area contributed by atoms with Crippen LogP contribution in [0.25, 0.3) is 0 Å². The minimum Gasteiger partial charge on any atom is -0.381 e. The van der Waals surface area contributed by atoms with Crippen LogP contribution in [0.15, 0.2) is 48.5 Å². The van der Waals surface area contributed by atoms with Crippen LogP contribution in [0.3, 0.4) is 0 Å². The number of ether oxygens (including phenoxy) is 2. The van der Waals surface area contributed by atoms with Gasteiger partial charge in [-0.25, -0.2) is 4.39 Å². The highest BCUT2D eigenvalue weighted by Gasteiger charge is 2.36. The average molecular weight is 414 g/mol. The van der Waals surface area contributed by atoms with Crippen molar-refractivity contribution in [1.82, 2.24) is 5.32 Å². The maximum atomic E-state index is 13.0. The molecule has 2 heterocycles. The van der Waals surface area contributed by atoms with Gasteiger partial charge in [-0.05, 0) is 68.5 Å². The lowest BCUT2D eigenvalue weighted by Crippen LogP contribution is -2.58. The van der Waals surface area contributed by atoms with Gasteiger partial charge in [0.1, 0.15) is 5.82 Å². The maximum absolute atomic E-state index is 13.0. The van der Waals surface area contributed by atoms with E-state index >= 15 is 0 Å². The van der Waals surface area contributed by atoms with Crippen LogP contribution in [0.2, 0.25) is 0 Å². The molecular weight excluding hydrogens is 381 g/mol. The molecule has 0 saturated carbocycles. The number of hydrogen-bond acceptors (Lipinski definition) is 5. The van der Waals surface area contributed by atoms with Crippen molar-refractivity contribution in [3.05, 3.63) is 65.5 Å². The molecule has 0 spiro atoms. The molecule has 2 aliphatic rings. The first-order valence-corrected chi connectivity index (χ1v) is 11.0. The van der Waals surface area contributed by atoms with E-state index in [1.54, 1.807) is 0 Å². The standard InChI is InChI=1S/C24H32FN3O2/c25-21-9-7-18(8-10-21)12-15-29-14-3-5-19-16-27-13-11-23(19)28-22-6-2-1-4-20(22)17-30-24(28)26/h1-2,4,6-10,19,23-24,27H,3,5,11-17,26H2. The molecule has 2 aromatic rings. The van der Waals surface area contributed by atoms with Crippen LogP contribution < -0.4 is 16.0 Å². The van der Waals surface area contributed by atoms with Crippen molar-refractivity contribution in [3.8, 4) is 0 Å². The van der Waals surface area contributed by atoms with Crippen LogP contribution in [-0.2, 0) is 22.5 Å². The molecule has 0 bridgehead atoms. The first-order valence-electron chi connectivity index (χ1n) is 11.0. The van der Waals surface area contributed by atoms with Gasteiger partial charge in [0, 0.05) is 23.9 Å². The monoisotopic (exact) mass is 413 g/mol. The van der Waals surface area contributed by atoms with E-state index in [-0.39, 0.29) is 5.82 Å². The maximum Gasteiger partial charge on any atom is 0.184 e. The van der Waals surface area contributed by atoms with Gasteiger partial charge in [0.25, 0.3) is 0 Å². The molecule has 0 aliphatic carbocycles. The second kappa shape index (κ2) is 10.4. The number of rotatable bonds is 8. The van der Waals surface area contributed by atoms with Crippen LogP contribution in [0.4, 0.5) is 10.1 Å². The van der Waals surface area contributed by atoms with E-state index in [1.807, 2.05) is 12.1 Å². The molecule has 2 aliphatic heterocycles. The Morgan fingerprint density at radius 2 is 1.97 bits per heavy atom. The Kier molecular flexibility index (Phi) is 7.33. The predicted molar refractivity (Wildman–Crippen MR) is 117 cm³/mol. The number of halogens is 1. The zero-order valence-electron chi connectivity index (χ0n) is 17.4. The zero-order valence-corrected chi connectivity index (χ0v) is 17.4. The minimum absolute atomic E-state index is 0.197. The second-order valence-corrected chi connectivity index (χ2v) is 8.19. The molecule has 1 fully saturated rings. The van der Waals surface area contributed by atoms with Gasteiger partial charge in [-0.2, -0.15) is 0 Å². The number of hydrogen-bond donors (Lipinski definition) is 2. The van der Waals surface area contributed by atoms with E-state index in [1.165, 1.54) is 23.4 Å². The number of fused-ring (bicyclic) bond motifs is 1. The lowest BCUT2D eigenvalue weighted by atomic mass is 9.87. The molecule has 3 N–H and O–H groups in total. The van der Waals surface area contributed by atoms with Crippen molar-refractivity contribution in [3.63, 3.8) is 0 Å². The van der Waals surface area contributed by atoms with Crippen molar-refractivity contribution in [2.45, 2.75) is 44.7 Å². The summed E-state index contributed by atoms with van der Waals surface area (Å²) in [5.74, 6) is 0.303. The Labute approximate surface area is 178 Å². The lowest BCUT2D eigenvalue weighted by molar-refractivity contribution is 0.0186. The molecule has 4 rings (SSSR count). The Balaban J connectivity index is 1.27. The number of nitrogens with two attached hydrogens (primary N) is 1. The summed E-state index contributed by atoms with van der Waals surface area (Å²) < 4.78 is 24.7. The molecule has 6 heteroatoms. The number of anilines is 1. The third-order valence-corrected chi connectivity index (χ3v) is 6.19. The lowest BCUT2D eigenvalue weighted by Gasteiger charge is -2.46. The van der Waals surface area contributed by atoms with Gasteiger partial charge in [0.05, 0.1) is 13.2 Å². The number of nitrogens with one attached hydrogen (secondary N) is 1. The van der Waals surface area contributed by atoms with Gasteiger partial charge in [0.15, 0.2) is 6.35 Å². The molecule has 162 valence electrons. The van der Waals surface area contributed by atoms with E-state index in [4.69, 9.17) is 15.2 Å². The van der Waals surface area contributed by atoms with Crippen LogP contribution in [0.1, 0.15) is 30.4 Å². The Hall–Kier alpha value is -1.99. The molecule has 0 aromatic heterocycles. The van der Waals surface area contributed by atoms with Crippen LogP contribution in [0.5, 0.6) is 0 Å². The summed E-state index contributed by atoms with van der Waals surface area (Å²) in [7, 11) is 0. The van der Waals surface area contributed by atoms with Crippen LogP contribution in [-0.4, -0.2) is 38.7 Å². The Morgan fingerprint density at radius 1 is 1.13 bits per heavy atom. The third kappa shape index (κ3) is 5.19. The fourth-order valence-corrected chi connectivity index (χ4v) is 4.61. The van der Waals surface area contributed by atoms with Gasteiger partial charge in [0.2, 0.25) is 0 Å². The smallest absolute Gasteiger partial charge is 0.184 e. The van der Waals surface area contributed by atoms with Crippen molar-refractivity contribution in [2.24, 2.45) is 11.7 Å². The number of para-hydroxylation sites is 1. The summed E-state index contributed by atoms with van der Waals surface area (Å²) in [5, 5.41) is 3.54. The van der Waals surface area contributed by atoms with Crippen molar-refractivity contribution < 1.29 is 13.9 Å². The highest BCUT2D eigenvalue weighted by Crippen LogP contribution is 2.34. The van der Waals surface area contributed by atoms with Gasteiger partial charge in [-0.1, -0.05) is 30.3 Å². The summed E-state index contributed by atoms with van der Waals surface area (Å²) in [4.78, 5) is 2.29. The topological polar surface area (TPSA) is 59.8 Å². The summed E-state index contributed by atoms with van der Waals surface area (Å²) in [6.07, 6.45) is 3.57. The zero-order chi connectivity index (χ0) is 20.8. The molecule has 1 saturated heterocycles. The highest BCUT2D eigenvalue weighted by molar-refractivity contribution is 5.56. The van der Waals surface area contributed by atoms with Gasteiger partial charge >= 0.3 is 0 Å². The van der Waals surface area contributed by atoms with E-state index in [0.29, 0.717) is 25.2 Å². The summed E-state index contributed by atoms with van der Waals surface area (Å²) in [5.41, 5.74) is 9.90. The third-order valence-electron chi connectivity index (χ3n) is 6.19. The average Bonchev–Trinajstić information content (AvgIpc) is 2.78. The molecular formula is C24H32FN3O2. The molecule has 30 heavy (non-hydrogen) atoms. The normalized spacial score (nSPS) is 23.9. The molecule has 0 amide bonds. The first kappa shape index (κ1) is 21.2. The van der Waals surface area contributed by atoms with Crippen LogP contribution in [0, 0.1) is 11.7 Å². The second-order valence-electron chi connectivity index (χ2n) is 8.19. The van der Waals surface area contributed by atoms with E-state index in [2.05, 4.69) is 34.5 Å². The summed E-state index contributed by atoms with van der Waals surface area (Å²) >= 11 is 0. The van der Waals surface area contributed by atoms with Gasteiger partial charge < -0.3 is 19.7 Å². The molecule has 0 radical (unpaired) electrons. The Morgan fingerprint density at radius 3 is 2.83 bits per heavy atom. The number of piperidine rings is 1. The number of benzene rings is 2. The van der Waals surface area contributed by atoms with E-state index < -0.39 is 6.35 Å². The van der Waals surface area contributed by atoms with Gasteiger partial charge in [-0.3, -0.25) is 5.73 Å². The fourth-order valence-electron chi connectivity index (χ4n) is 4.61. The Bertz CT molecular complexity index is 801. The first-order chi connectivity index (χ1) is 14.7. The SMILES string of the molecule is NC1OCc2ccccc2N1C1CCNCC1CCCOCCc1ccc(F)cc1. The quantitative estimate of drug-likeness (QED) is 0.650. The number of nitrogens with zero attached hydrogens (tertiary/aromatic N) is 1. The van der Waals surface area contributed by atoms with Gasteiger partial charge in [-0.15, -0.1) is 0 Å². The molecule has 2 aromatic carbocycles. The predicted octanol–water partition coefficient (Wildman–Crippen LogP) is 3.42. The van der Waals surface area contributed by atoms with Crippen molar-refractivity contribution in [2.75, 3.05) is 31.2 Å². The largest absolute Gasteiger partial charge is 0.381 e. The molecule has 3 atom stereocenters. The highest BCUT2D eigenvalue weighted by atomic mass is 19.1. The van der Waals surface area contributed by atoms with E-state index in [0.717, 1.165) is 50.9 Å². The van der Waals surface area contributed by atoms with Crippen molar-refractivity contribution in [1.29, 1.82) is 0 Å². The fraction of sp³-hybridized carbons (Fsp3) is 0.500. The van der Waals surface area contributed by atoms with E-state index in [9.17, 15) is 4.39 Å². The minimum atomic E-state index is -0.391. The summed E-state index contributed by atoms with van der Waals surface area (Å²) in [6.45, 7) is 3.97. The van der Waals surface area contributed by atoms with Crippen molar-refractivity contribution >= 4 is 5.69 Å².